The zero-order valence-electron chi connectivity index (χ0n) is 17.2. The minimum Gasteiger partial charge on any atom is -0.348 e. The van der Waals surface area contributed by atoms with Crippen molar-refractivity contribution in [3.8, 4) is 0 Å². The maximum absolute atomic E-state index is 13.0. The molecule has 3 aromatic rings. The highest BCUT2D eigenvalue weighted by atomic mass is 16.2. The molecule has 29 heavy (non-hydrogen) atoms. The fraction of sp³-hybridized carbons (Fsp3) is 0.364. The van der Waals surface area contributed by atoms with Gasteiger partial charge in [0.2, 0.25) is 0 Å². The molecule has 1 aliphatic carbocycles. The molecule has 2 amide bonds. The van der Waals surface area contributed by atoms with Gasteiger partial charge in [-0.25, -0.2) is 4.98 Å². The van der Waals surface area contributed by atoms with E-state index in [0.717, 1.165) is 40.8 Å². The average Bonchev–Trinajstić information content (AvgIpc) is 3.52. The summed E-state index contributed by atoms with van der Waals surface area (Å²) in [6.45, 7) is 2.29. The van der Waals surface area contributed by atoms with Gasteiger partial charge in [-0.2, -0.15) is 5.10 Å². The number of aryl methyl sites for hydroxylation is 2. The van der Waals surface area contributed by atoms with Crippen molar-refractivity contribution in [2.75, 3.05) is 14.1 Å². The van der Waals surface area contributed by atoms with Gasteiger partial charge in [-0.15, -0.1) is 0 Å². The van der Waals surface area contributed by atoms with Crippen molar-refractivity contribution in [2.45, 2.75) is 32.2 Å². The summed E-state index contributed by atoms with van der Waals surface area (Å²) in [5, 5.41) is 8.26. The summed E-state index contributed by atoms with van der Waals surface area (Å²) in [7, 11) is 5.31. The molecule has 1 aliphatic rings. The van der Waals surface area contributed by atoms with E-state index in [9.17, 15) is 9.59 Å². The first-order chi connectivity index (χ1) is 13.8. The topological polar surface area (TPSA) is 80.1 Å². The monoisotopic (exact) mass is 391 g/mol. The second-order valence-corrected chi connectivity index (χ2v) is 7.86. The van der Waals surface area contributed by atoms with Crippen LogP contribution in [0.15, 0.2) is 30.3 Å². The molecule has 0 bridgehead atoms. The van der Waals surface area contributed by atoms with E-state index in [1.54, 1.807) is 35.8 Å². The Bertz CT molecular complexity index is 1090. The van der Waals surface area contributed by atoms with Crippen LogP contribution < -0.4 is 5.32 Å². The number of carbonyl (C=O) groups is 2. The molecule has 2 heterocycles. The number of hydrogen-bond acceptors (Lipinski definition) is 4. The summed E-state index contributed by atoms with van der Waals surface area (Å²) >= 11 is 0. The fourth-order valence-corrected chi connectivity index (χ4v) is 3.53. The summed E-state index contributed by atoms with van der Waals surface area (Å²) in [4.78, 5) is 31.3. The summed E-state index contributed by atoms with van der Waals surface area (Å²) in [5.41, 5.74) is 4.71. The van der Waals surface area contributed by atoms with Crippen molar-refractivity contribution < 1.29 is 9.59 Å². The quantitative estimate of drug-likeness (QED) is 0.725. The number of hydrogen-bond donors (Lipinski definition) is 1. The minimum atomic E-state index is -0.135. The standard InChI is InChI=1S/C22H25N5O2/c1-13-19-17(11-18(15-9-10-15)24-20(19)27(4)25-13)21(28)23-12-14-5-7-16(8-6-14)22(29)26(2)3/h5-8,11,15H,9-10,12H2,1-4H3,(H,23,28). The summed E-state index contributed by atoms with van der Waals surface area (Å²) in [6.07, 6.45) is 2.24. The molecule has 1 N–H and O–H groups in total. The van der Waals surface area contributed by atoms with Crippen LogP contribution in [0.25, 0.3) is 11.0 Å². The van der Waals surface area contributed by atoms with Crippen molar-refractivity contribution in [3.63, 3.8) is 0 Å². The van der Waals surface area contributed by atoms with Gasteiger partial charge in [0, 0.05) is 44.9 Å². The van der Waals surface area contributed by atoms with Crippen LogP contribution in [-0.4, -0.2) is 45.6 Å². The molecular weight excluding hydrogens is 366 g/mol. The SMILES string of the molecule is Cc1nn(C)c2nc(C3CC3)cc(C(=O)NCc3ccc(C(=O)N(C)C)cc3)c12. The van der Waals surface area contributed by atoms with Gasteiger partial charge in [-0.05, 0) is 43.5 Å². The molecule has 7 heteroatoms. The van der Waals surface area contributed by atoms with Gasteiger partial charge in [0.1, 0.15) is 0 Å². The molecule has 150 valence electrons. The molecule has 0 radical (unpaired) electrons. The van der Waals surface area contributed by atoms with Gasteiger partial charge in [-0.3, -0.25) is 14.3 Å². The summed E-state index contributed by atoms with van der Waals surface area (Å²) in [6, 6.07) is 9.22. The lowest BCUT2D eigenvalue weighted by Gasteiger charge is -2.11. The minimum absolute atomic E-state index is 0.0422. The lowest BCUT2D eigenvalue weighted by Crippen LogP contribution is -2.24. The Balaban J connectivity index is 1.56. The Hall–Kier alpha value is -3.22. The van der Waals surface area contributed by atoms with Crippen LogP contribution >= 0.6 is 0 Å². The lowest BCUT2D eigenvalue weighted by atomic mass is 10.1. The smallest absolute Gasteiger partial charge is 0.253 e. The normalized spacial score (nSPS) is 13.5. The second-order valence-electron chi connectivity index (χ2n) is 7.86. The molecule has 2 aromatic heterocycles. The van der Waals surface area contributed by atoms with Crippen molar-refractivity contribution in [2.24, 2.45) is 7.05 Å². The maximum Gasteiger partial charge on any atom is 0.253 e. The summed E-state index contributed by atoms with van der Waals surface area (Å²) in [5.74, 6) is 0.270. The highest BCUT2D eigenvalue weighted by molar-refractivity contribution is 6.06. The Morgan fingerprint density at radius 3 is 2.52 bits per heavy atom. The molecule has 0 spiro atoms. The van der Waals surface area contributed by atoms with E-state index in [-0.39, 0.29) is 11.8 Å². The average molecular weight is 391 g/mol. The maximum atomic E-state index is 13.0. The van der Waals surface area contributed by atoms with Crippen molar-refractivity contribution >= 4 is 22.8 Å². The first kappa shape index (κ1) is 19.1. The predicted octanol–water partition coefficient (Wildman–Crippen LogP) is 2.79. The van der Waals surface area contributed by atoms with E-state index in [4.69, 9.17) is 4.98 Å². The molecule has 1 fully saturated rings. The third kappa shape index (κ3) is 3.72. The number of aromatic nitrogens is 3. The molecule has 0 saturated heterocycles. The highest BCUT2D eigenvalue weighted by Crippen LogP contribution is 2.40. The Kier molecular flexibility index (Phi) is 4.82. The lowest BCUT2D eigenvalue weighted by molar-refractivity contribution is 0.0827. The van der Waals surface area contributed by atoms with Crippen molar-refractivity contribution in [1.29, 1.82) is 0 Å². The van der Waals surface area contributed by atoms with E-state index in [1.807, 2.05) is 32.2 Å². The van der Waals surface area contributed by atoms with Gasteiger partial charge in [0.05, 0.1) is 16.6 Å². The van der Waals surface area contributed by atoms with E-state index in [2.05, 4.69) is 10.4 Å². The number of carbonyl (C=O) groups excluding carboxylic acids is 2. The first-order valence-corrected chi connectivity index (χ1v) is 9.78. The molecule has 7 nitrogen and oxygen atoms in total. The fourth-order valence-electron chi connectivity index (χ4n) is 3.53. The molecular formula is C22H25N5O2. The van der Waals surface area contributed by atoms with Crippen LogP contribution in [-0.2, 0) is 13.6 Å². The Morgan fingerprint density at radius 1 is 1.21 bits per heavy atom. The number of pyridine rings is 1. The third-order valence-corrected chi connectivity index (χ3v) is 5.29. The van der Waals surface area contributed by atoms with Crippen molar-refractivity contribution in [1.82, 2.24) is 25.0 Å². The zero-order chi connectivity index (χ0) is 20.7. The van der Waals surface area contributed by atoms with E-state index < -0.39 is 0 Å². The highest BCUT2D eigenvalue weighted by Gasteiger charge is 2.28. The van der Waals surface area contributed by atoms with E-state index in [0.29, 0.717) is 23.6 Å². The number of rotatable bonds is 5. The first-order valence-electron chi connectivity index (χ1n) is 9.78. The predicted molar refractivity (Wildman–Crippen MR) is 111 cm³/mol. The van der Waals surface area contributed by atoms with Gasteiger partial charge >= 0.3 is 0 Å². The second kappa shape index (κ2) is 7.31. The van der Waals surface area contributed by atoms with E-state index in [1.165, 1.54) is 0 Å². The third-order valence-electron chi connectivity index (χ3n) is 5.29. The number of nitrogens with zero attached hydrogens (tertiary/aromatic N) is 4. The molecule has 0 unspecified atom stereocenters. The number of nitrogens with one attached hydrogen (secondary N) is 1. The van der Waals surface area contributed by atoms with Gasteiger partial charge in [-0.1, -0.05) is 12.1 Å². The van der Waals surface area contributed by atoms with Crippen molar-refractivity contribution in [3.05, 3.63) is 58.4 Å². The molecule has 1 aromatic carbocycles. The Labute approximate surface area is 169 Å². The van der Waals surface area contributed by atoms with Gasteiger partial charge < -0.3 is 10.2 Å². The number of amides is 2. The largest absolute Gasteiger partial charge is 0.348 e. The van der Waals surface area contributed by atoms with Crippen LogP contribution in [0.1, 0.15) is 56.4 Å². The number of fused-ring (bicyclic) bond motifs is 1. The van der Waals surface area contributed by atoms with Crippen LogP contribution in [0, 0.1) is 6.92 Å². The van der Waals surface area contributed by atoms with Gasteiger partial charge in [0.15, 0.2) is 5.65 Å². The molecule has 0 aliphatic heterocycles. The molecule has 1 saturated carbocycles. The molecule has 4 rings (SSSR count). The van der Waals surface area contributed by atoms with Crippen LogP contribution in [0.5, 0.6) is 0 Å². The zero-order valence-corrected chi connectivity index (χ0v) is 17.2. The molecule has 0 atom stereocenters. The van der Waals surface area contributed by atoms with Crippen LogP contribution in [0.4, 0.5) is 0 Å². The van der Waals surface area contributed by atoms with Gasteiger partial charge in [0.25, 0.3) is 11.8 Å². The summed E-state index contributed by atoms with van der Waals surface area (Å²) < 4.78 is 1.74. The van der Waals surface area contributed by atoms with Crippen LogP contribution in [0.2, 0.25) is 0 Å². The number of benzene rings is 1. The van der Waals surface area contributed by atoms with E-state index >= 15 is 0 Å². The Morgan fingerprint density at radius 2 is 1.90 bits per heavy atom. The van der Waals surface area contributed by atoms with Crippen LogP contribution in [0.3, 0.4) is 0 Å².